The minimum absolute atomic E-state index is 0.0136. The Morgan fingerprint density at radius 2 is 2.15 bits per heavy atom. The van der Waals surface area contributed by atoms with Crippen LogP contribution < -0.4 is 11.1 Å². The molecule has 1 aliphatic rings. The Bertz CT molecular complexity index is 527. The summed E-state index contributed by atoms with van der Waals surface area (Å²) in [5, 5.41) is 3.43. The van der Waals surface area contributed by atoms with Crippen molar-refractivity contribution in [3.63, 3.8) is 0 Å². The molecule has 1 aliphatic carbocycles. The third kappa shape index (κ3) is 3.58. The van der Waals surface area contributed by atoms with Crippen molar-refractivity contribution in [2.45, 2.75) is 38.8 Å². The summed E-state index contributed by atoms with van der Waals surface area (Å²) in [7, 11) is 0. The molecule has 1 atom stereocenters. The fourth-order valence-corrected chi connectivity index (χ4v) is 2.19. The number of rotatable bonds is 6. The van der Waals surface area contributed by atoms with Gasteiger partial charge in [0.25, 0.3) is 0 Å². The van der Waals surface area contributed by atoms with Crippen molar-refractivity contribution in [3.8, 4) is 0 Å². The third-order valence-electron chi connectivity index (χ3n) is 3.53. The van der Waals surface area contributed by atoms with Gasteiger partial charge in [0.15, 0.2) is 5.78 Å². The first-order valence-electron chi connectivity index (χ1n) is 6.87. The molecule has 1 unspecified atom stereocenters. The Kier molecular flexibility index (Phi) is 4.78. The highest BCUT2D eigenvalue weighted by molar-refractivity contribution is 6.31. The van der Waals surface area contributed by atoms with Crippen molar-refractivity contribution in [1.29, 1.82) is 0 Å². The summed E-state index contributed by atoms with van der Waals surface area (Å²) in [4.78, 5) is 23.3. The van der Waals surface area contributed by atoms with Crippen LogP contribution in [0.2, 0.25) is 5.02 Å². The van der Waals surface area contributed by atoms with Crippen LogP contribution in [0.4, 0.5) is 0 Å². The number of nitrogens with two attached hydrogens (primary N) is 1. The van der Waals surface area contributed by atoms with Gasteiger partial charge in [-0.05, 0) is 30.0 Å². The molecule has 0 bridgehead atoms. The summed E-state index contributed by atoms with van der Waals surface area (Å²) in [6, 6.07) is 4.65. The van der Waals surface area contributed by atoms with E-state index in [2.05, 4.69) is 5.32 Å². The number of amides is 1. The molecule has 1 saturated carbocycles. The van der Waals surface area contributed by atoms with Crippen molar-refractivity contribution in [1.82, 2.24) is 5.32 Å². The van der Waals surface area contributed by atoms with Crippen LogP contribution in [0.5, 0.6) is 0 Å². The average molecular weight is 295 g/mol. The SMILES string of the molecule is CCC(=O)C(N)c1ccc(Cl)c(CNC(=O)C2CC2)c1. The molecule has 1 aromatic carbocycles. The average Bonchev–Trinajstić information content (AvgIpc) is 3.29. The predicted octanol–water partition coefficient (Wildman–Crippen LogP) is 2.35. The van der Waals surface area contributed by atoms with E-state index in [0.717, 1.165) is 24.0 Å². The van der Waals surface area contributed by atoms with Gasteiger partial charge in [-0.25, -0.2) is 0 Å². The van der Waals surface area contributed by atoms with Crippen molar-refractivity contribution < 1.29 is 9.59 Å². The van der Waals surface area contributed by atoms with Crippen LogP contribution in [0.15, 0.2) is 18.2 Å². The number of carbonyl (C=O) groups is 2. The van der Waals surface area contributed by atoms with E-state index in [1.165, 1.54) is 0 Å². The van der Waals surface area contributed by atoms with Gasteiger partial charge in [-0.2, -0.15) is 0 Å². The molecule has 20 heavy (non-hydrogen) atoms. The Hall–Kier alpha value is -1.39. The number of nitrogens with one attached hydrogen (secondary N) is 1. The zero-order chi connectivity index (χ0) is 14.7. The van der Waals surface area contributed by atoms with Gasteiger partial charge in [-0.15, -0.1) is 0 Å². The Balaban J connectivity index is 2.07. The highest BCUT2D eigenvalue weighted by atomic mass is 35.5. The largest absolute Gasteiger partial charge is 0.352 e. The molecule has 0 heterocycles. The van der Waals surface area contributed by atoms with Gasteiger partial charge in [0.1, 0.15) is 0 Å². The van der Waals surface area contributed by atoms with Gasteiger partial charge in [0.2, 0.25) is 5.91 Å². The second-order valence-electron chi connectivity index (χ2n) is 5.14. The monoisotopic (exact) mass is 294 g/mol. The molecule has 5 heteroatoms. The van der Waals surface area contributed by atoms with Gasteiger partial charge in [0, 0.05) is 23.9 Å². The fraction of sp³-hybridized carbons (Fsp3) is 0.467. The van der Waals surface area contributed by atoms with Crippen LogP contribution in [-0.2, 0) is 16.1 Å². The summed E-state index contributed by atoms with van der Waals surface area (Å²) in [5.41, 5.74) is 7.42. The van der Waals surface area contributed by atoms with Crippen LogP contribution in [0.1, 0.15) is 43.4 Å². The topological polar surface area (TPSA) is 72.2 Å². The Labute approximate surface area is 123 Å². The van der Waals surface area contributed by atoms with Gasteiger partial charge in [-0.1, -0.05) is 30.7 Å². The molecule has 0 aromatic heterocycles. The summed E-state index contributed by atoms with van der Waals surface area (Å²) in [6.07, 6.45) is 2.34. The normalized spacial score (nSPS) is 15.8. The standard InChI is InChI=1S/C15H19ClN2O2/c1-2-13(19)14(17)10-5-6-12(16)11(7-10)8-18-15(20)9-3-4-9/h5-7,9,14H,2-4,8,17H2,1H3,(H,18,20). The molecular weight excluding hydrogens is 276 g/mol. The lowest BCUT2D eigenvalue weighted by molar-refractivity contribution is -0.122. The molecule has 3 N–H and O–H groups in total. The minimum Gasteiger partial charge on any atom is -0.352 e. The predicted molar refractivity (Wildman–Crippen MR) is 78.2 cm³/mol. The van der Waals surface area contributed by atoms with E-state index >= 15 is 0 Å². The lowest BCUT2D eigenvalue weighted by Crippen LogP contribution is -2.25. The molecule has 1 aromatic rings. The van der Waals surface area contributed by atoms with Gasteiger partial charge >= 0.3 is 0 Å². The van der Waals surface area contributed by atoms with E-state index in [0.29, 0.717) is 18.0 Å². The molecule has 0 radical (unpaired) electrons. The molecule has 0 spiro atoms. The minimum atomic E-state index is -0.629. The summed E-state index contributed by atoms with van der Waals surface area (Å²) in [6.45, 7) is 2.16. The molecule has 2 rings (SSSR count). The summed E-state index contributed by atoms with van der Waals surface area (Å²) in [5.74, 6) is 0.224. The first-order valence-corrected chi connectivity index (χ1v) is 7.25. The maximum Gasteiger partial charge on any atom is 0.223 e. The Morgan fingerprint density at radius 3 is 2.75 bits per heavy atom. The number of hydrogen-bond acceptors (Lipinski definition) is 3. The zero-order valence-corrected chi connectivity index (χ0v) is 12.2. The second kappa shape index (κ2) is 6.37. The zero-order valence-electron chi connectivity index (χ0n) is 11.5. The van der Waals surface area contributed by atoms with E-state index < -0.39 is 6.04 Å². The van der Waals surface area contributed by atoms with Crippen LogP contribution in [-0.4, -0.2) is 11.7 Å². The summed E-state index contributed by atoms with van der Waals surface area (Å²) < 4.78 is 0. The molecule has 108 valence electrons. The molecule has 0 saturated heterocycles. The molecular formula is C15H19ClN2O2. The number of halogens is 1. The molecule has 1 amide bonds. The number of benzene rings is 1. The molecule has 1 fully saturated rings. The summed E-state index contributed by atoms with van der Waals surface area (Å²) >= 11 is 6.12. The van der Waals surface area contributed by atoms with Crippen LogP contribution >= 0.6 is 11.6 Å². The lowest BCUT2D eigenvalue weighted by atomic mass is 10.00. The maximum absolute atomic E-state index is 11.6. The van der Waals surface area contributed by atoms with Gasteiger partial charge in [-0.3, -0.25) is 9.59 Å². The second-order valence-corrected chi connectivity index (χ2v) is 5.55. The fourth-order valence-electron chi connectivity index (χ4n) is 2.00. The van der Waals surface area contributed by atoms with Crippen molar-refractivity contribution >= 4 is 23.3 Å². The Morgan fingerprint density at radius 1 is 1.45 bits per heavy atom. The van der Waals surface area contributed by atoms with Crippen molar-refractivity contribution in [3.05, 3.63) is 34.3 Å². The van der Waals surface area contributed by atoms with E-state index in [1.807, 2.05) is 0 Å². The van der Waals surface area contributed by atoms with Crippen LogP contribution in [0.25, 0.3) is 0 Å². The van der Waals surface area contributed by atoms with Crippen LogP contribution in [0.3, 0.4) is 0 Å². The first kappa shape index (κ1) is 15.0. The van der Waals surface area contributed by atoms with E-state index in [9.17, 15) is 9.59 Å². The first-order chi connectivity index (χ1) is 9.52. The van der Waals surface area contributed by atoms with Gasteiger partial charge < -0.3 is 11.1 Å². The smallest absolute Gasteiger partial charge is 0.223 e. The van der Waals surface area contributed by atoms with Gasteiger partial charge in [0.05, 0.1) is 6.04 Å². The highest BCUT2D eigenvalue weighted by Crippen LogP contribution is 2.29. The van der Waals surface area contributed by atoms with E-state index in [1.54, 1.807) is 25.1 Å². The molecule has 0 aliphatic heterocycles. The third-order valence-corrected chi connectivity index (χ3v) is 3.89. The number of Topliss-reactive ketones (excluding diaryl/α,β-unsaturated/α-hetero) is 1. The van der Waals surface area contributed by atoms with E-state index in [4.69, 9.17) is 17.3 Å². The number of carbonyl (C=O) groups excluding carboxylic acids is 2. The van der Waals surface area contributed by atoms with Crippen molar-refractivity contribution in [2.75, 3.05) is 0 Å². The molecule has 4 nitrogen and oxygen atoms in total. The van der Waals surface area contributed by atoms with Crippen LogP contribution in [0, 0.1) is 5.92 Å². The quantitative estimate of drug-likeness (QED) is 0.846. The van der Waals surface area contributed by atoms with Crippen molar-refractivity contribution in [2.24, 2.45) is 11.7 Å². The number of hydrogen-bond donors (Lipinski definition) is 2. The highest BCUT2D eigenvalue weighted by Gasteiger charge is 2.29. The van der Waals surface area contributed by atoms with E-state index in [-0.39, 0.29) is 17.6 Å². The lowest BCUT2D eigenvalue weighted by Gasteiger charge is -2.13. The number of ketones is 1. The maximum atomic E-state index is 11.6.